The number of benzene rings is 2. The minimum Gasteiger partial charge on any atom is -0.487 e. The summed E-state index contributed by atoms with van der Waals surface area (Å²) in [5, 5.41) is 9.87. The normalized spacial score (nSPS) is 10.9. The van der Waals surface area contributed by atoms with Gasteiger partial charge in [0.25, 0.3) is 0 Å². The third-order valence-corrected chi connectivity index (χ3v) is 6.31. The fraction of sp³-hybridized carbons (Fsp3) is 0.111. The smallest absolute Gasteiger partial charge is 0.196 e. The van der Waals surface area contributed by atoms with E-state index in [0.29, 0.717) is 6.61 Å². The van der Waals surface area contributed by atoms with Crippen molar-refractivity contribution in [1.29, 1.82) is 0 Å². The summed E-state index contributed by atoms with van der Waals surface area (Å²) >= 11 is 1.65. The highest BCUT2D eigenvalue weighted by Gasteiger charge is 2.17. The summed E-state index contributed by atoms with van der Waals surface area (Å²) in [7, 11) is 0. The summed E-state index contributed by atoms with van der Waals surface area (Å²) in [6.45, 7) is 2.55. The van der Waals surface area contributed by atoms with Crippen LogP contribution < -0.4 is 4.74 Å². The lowest BCUT2D eigenvalue weighted by Crippen LogP contribution is -2.02. The van der Waals surface area contributed by atoms with Crippen molar-refractivity contribution in [3.8, 4) is 22.8 Å². The molecule has 5 rings (SSSR count). The molecule has 0 saturated heterocycles. The molecular weight excluding hydrogens is 442 g/mol. The fourth-order valence-corrected chi connectivity index (χ4v) is 4.45. The van der Waals surface area contributed by atoms with Crippen molar-refractivity contribution in [2.24, 2.45) is 0 Å². The van der Waals surface area contributed by atoms with Crippen LogP contribution in [0.15, 0.2) is 103 Å². The molecule has 168 valence electrons. The van der Waals surface area contributed by atoms with Gasteiger partial charge in [0.2, 0.25) is 0 Å². The van der Waals surface area contributed by atoms with Crippen molar-refractivity contribution in [3.63, 3.8) is 0 Å². The average Bonchev–Trinajstić information content (AvgIpc) is 3.32. The number of para-hydroxylation sites is 1. The van der Waals surface area contributed by atoms with E-state index >= 15 is 0 Å². The molecule has 0 aliphatic rings. The predicted molar refractivity (Wildman–Crippen MR) is 134 cm³/mol. The van der Waals surface area contributed by atoms with Gasteiger partial charge in [0.15, 0.2) is 11.0 Å². The van der Waals surface area contributed by atoms with Gasteiger partial charge in [0.1, 0.15) is 12.4 Å². The first kappa shape index (κ1) is 21.9. The number of ether oxygens (including phenoxy) is 1. The summed E-state index contributed by atoms with van der Waals surface area (Å²) in [4.78, 5) is 8.55. The zero-order chi connectivity index (χ0) is 23.2. The van der Waals surface area contributed by atoms with E-state index in [0.717, 1.165) is 45.0 Å². The highest BCUT2D eigenvalue weighted by molar-refractivity contribution is 7.98. The maximum Gasteiger partial charge on any atom is 0.196 e. The Bertz CT molecular complexity index is 1360. The largest absolute Gasteiger partial charge is 0.487 e. The summed E-state index contributed by atoms with van der Waals surface area (Å²) in [5.41, 5.74) is 5.23. The van der Waals surface area contributed by atoms with E-state index in [4.69, 9.17) is 4.74 Å². The van der Waals surface area contributed by atoms with Gasteiger partial charge in [0, 0.05) is 29.9 Å². The van der Waals surface area contributed by atoms with Crippen LogP contribution in [0.2, 0.25) is 0 Å². The van der Waals surface area contributed by atoms with Crippen LogP contribution in [0.3, 0.4) is 0 Å². The Kier molecular flexibility index (Phi) is 6.63. The molecule has 3 aromatic heterocycles. The third-order valence-electron chi connectivity index (χ3n) is 5.31. The van der Waals surface area contributed by atoms with Gasteiger partial charge in [-0.25, -0.2) is 0 Å². The van der Waals surface area contributed by atoms with Crippen LogP contribution in [-0.4, -0.2) is 24.7 Å². The lowest BCUT2D eigenvalue weighted by atomic mass is 10.2. The third kappa shape index (κ3) is 5.00. The van der Waals surface area contributed by atoms with Crippen LogP contribution in [0, 0.1) is 6.92 Å². The molecule has 0 spiro atoms. The Morgan fingerprint density at radius 1 is 0.853 bits per heavy atom. The van der Waals surface area contributed by atoms with Gasteiger partial charge >= 0.3 is 0 Å². The van der Waals surface area contributed by atoms with E-state index in [-0.39, 0.29) is 0 Å². The molecule has 0 N–H and O–H groups in total. The van der Waals surface area contributed by atoms with Crippen molar-refractivity contribution in [1.82, 2.24) is 24.7 Å². The van der Waals surface area contributed by atoms with Crippen LogP contribution >= 0.6 is 11.8 Å². The second-order valence-electron chi connectivity index (χ2n) is 7.71. The molecule has 0 fully saturated rings. The molecule has 0 bridgehead atoms. The highest BCUT2D eigenvalue weighted by Crippen LogP contribution is 2.31. The number of rotatable bonds is 8. The van der Waals surface area contributed by atoms with Crippen molar-refractivity contribution in [2.75, 3.05) is 0 Å². The topological polar surface area (TPSA) is 65.7 Å². The van der Waals surface area contributed by atoms with Crippen LogP contribution in [0.25, 0.3) is 17.1 Å². The summed E-state index contributed by atoms with van der Waals surface area (Å²) < 4.78 is 7.96. The van der Waals surface area contributed by atoms with Gasteiger partial charge in [-0.1, -0.05) is 48.2 Å². The molecule has 0 amide bonds. The Balaban J connectivity index is 1.34. The number of pyridine rings is 2. The van der Waals surface area contributed by atoms with Crippen molar-refractivity contribution in [3.05, 3.63) is 114 Å². The molecule has 0 unspecified atom stereocenters. The van der Waals surface area contributed by atoms with Crippen molar-refractivity contribution < 1.29 is 4.74 Å². The summed E-state index contributed by atoms with van der Waals surface area (Å²) in [5.74, 6) is 2.36. The molecule has 0 aliphatic carbocycles. The molecule has 0 radical (unpaired) electrons. The number of thioether (sulfide) groups is 1. The van der Waals surface area contributed by atoms with Gasteiger partial charge < -0.3 is 4.74 Å². The fourth-order valence-electron chi connectivity index (χ4n) is 3.55. The van der Waals surface area contributed by atoms with Gasteiger partial charge in [-0.05, 0) is 60.5 Å². The minimum absolute atomic E-state index is 0.450. The Morgan fingerprint density at radius 2 is 1.71 bits per heavy atom. The Morgan fingerprint density at radius 3 is 2.47 bits per heavy atom. The zero-order valence-corrected chi connectivity index (χ0v) is 19.5. The second-order valence-corrected chi connectivity index (χ2v) is 8.65. The first-order valence-corrected chi connectivity index (χ1v) is 11.9. The van der Waals surface area contributed by atoms with Crippen LogP contribution in [-0.2, 0) is 12.4 Å². The first-order valence-electron chi connectivity index (χ1n) is 10.9. The Hall–Kier alpha value is -3.97. The molecular formula is C27H23N5OS. The minimum atomic E-state index is 0.450. The predicted octanol–water partition coefficient (Wildman–Crippen LogP) is 5.90. The standard InChI is InChI=1S/C27H23N5OS/c1-20-7-2-3-10-25(20)32-26(22-8-6-15-28-17-22)30-31-27(32)34-19-21-11-13-24(14-12-21)33-18-23-9-4-5-16-29-23/h2-17H,18-19H2,1H3. The van der Waals surface area contributed by atoms with E-state index in [1.165, 1.54) is 5.56 Å². The molecule has 7 heteroatoms. The number of hydrogen-bond acceptors (Lipinski definition) is 6. The maximum atomic E-state index is 5.85. The van der Waals surface area contributed by atoms with Gasteiger partial charge in [-0.15, -0.1) is 10.2 Å². The molecule has 0 aliphatic heterocycles. The zero-order valence-electron chi connectivity index (χ0n) is 18.7. The molecule has 3 heterocycles. The van der Waals surface area contributed by atoms with Gasteiger partial charge in [-0.3, -0.25) is 14.5 Å². The highest BCUT2D eigenvalue weighted by atomic mass is 32.2. The summed E-state index contributed by atoms with van der Waals surface area (Å²) in [6, 6.07) is 26.1. The number of nitrogens with zero attached hydrogens (tertiary/aromatic N) is 5. The van der Waals surface area contributed by atoms with Gasteiger partial charge in [0.05, 0.1) is 11.4 Å². The van der Waals surface area contributed by atoms with E-state index in [1.807, 2.05) is 60.8 Å². The lowest BCUT2D eigenvalue weighted by Gasteiger charge is -2.13. The van der Waals surface area contributed by atoms with Crippen molar-refractivity contribution in [2.45, 2.75) is 24.4 Å². The quantitative estimate of drug-likeness (QED) is 0.266. The molecule has 2 aromatic carbocycles. The number of aromatic nitrogens is 5. The van der Waals surface area contributed by atoms with Crippen molar-refractivity contribution >= 4 is 11.8 Å². The molecule has 0 saturated carbocycles. The SMILES string of the molecule is Cc1ccccc1-n1c(SCc2ccc(OCc3ccccn3)cc2)nnc1-c1cccnc1. The summed E-state index contributed by atoms with van der Waals surface area (Å²) in [6.07, 6.45) is 5.35. The van der Waals surface area contributed by atoms with Crippen LogP contribution in [0.4, 0.5) is 0 Å². The van der Waals surface area contributed by atoms with E-state index in [2.05, 4.69) is 55.9 Å². The van der Waals surface area contributed by atoms with Crippen LogP contribution in [0.1, 0.15) is 16.8 Å². The second kappa shape index (κ2) is 10.3. The van der Waals surface area contributed by atoms with E-state index in [1.54, 1.807) is 24.2 Å². The molecule has 0 atom stereocenters. The molecule has 5 aromatic rings. The lowest BCUT2D eigenvalue weighted by molar-refractivity contribution is 0.301. The number of aryl methyl sites for hydroxylation is 1. The van der Waals surface area contributed by atoms with E-state index in [9.17, 15) is 0 Å². The first-order chi connectivity index (χ1) is 16.8. The molecule has 6 nitrogen and oxygen atoms in total. The monoisotopic (exact) mass is 465 g/mol. The van der Waals surface area contributed by atoms with Crippen LogP contribution in [0.5, 0.6) is 5.75 Å². The maximum absolute atomic E-state index is 5.85. The Labute approximate surface area is 202 Å². The number of hydrogen-bond donors (Lipinski definition) is 0. The average molecular weight is 466 g/mol. The van der Waals surface area contributed by atoms with E-state index < -0.39 is 0 Å². The molecule has 34 heavy (non-hydrogen) atoms. The van der Waals surface area contributed by atoms with Gasteiger partial charge in [-0.2, -0.15) is 0 Å².